The molecule has 39 heavy (non-hydrogen) atoms. The molecule has 0 aliphatic rings. The number of carbonyl (C=O) groups is 4. The van der Waals surface area contributed by atoms with Crippen molar-refractivity contribution in [1.29, 1.82) is 0 Å². The molecule has 0 fully saturated rings. The van der Waals surface area contributed by atoms with Gasteiger partial charge in [0.2, 0.25) is 0 Å². The Hall–Kier alpha value is -2.94. The number of hydrogen-bond acceptors (Lipinski definition) is 9. The molecular formula is C30H47NO8. The molecule has 0 aliphatic carbocycles. The Labute approximate surface area is 233 Å². The number of ether oxygens (including phenoxy) is 4. The molecule has 0 amide bonds. The summed E-state index contributed by atoms with van der Waals surface area (Å²) in [7, 11) is 0. The second-order valence-electron chi connectivity index (χ2n) is 10.4. The van der Waals surface area contributed by atoms with Crippen molar-refractivity contribution in [2.24, 2.45) is 17.6 Å². The molecule has 0 saturated heterocycles. The van der Waals surface area contributed by atoms with Crippen LogP contribution in [0.4, 0.5) is 0 Å². The van der Waals surface area contributed by atoms with Gasteiger partial charge in [0.1, 0.15) is 18.8 Å². The van der Waals surface area contributed by atoms with Crippen LogP contribution in [-0.2, 0) is 35.1 Å². The zero-order valence-electron chi connectivity index (χ0n) is 24.5. The molecule has 0 spiro atoms. The first kappa shape index (κ1) is 34.1. The lowest BCUT2D eigenvalue weighted by Gasteiger charge is -2.19. The highest BCUT2D eigenvalue weighted by molar-refractivity contribution is 5.77. The Morgan fingerprint density at radius 3 is 1.90 bits per heavy atom. The third-order valence-corrected chi connectivity index (χ3v) is 6.33. The van der Waals surface area contributed by atoms with Gasteiger partial charge in [0.25, 0.3) is 0 Å². The summed E-state index contributed by atoms with van der Waals surface area (Å²) in [5.74, 6) is -1.70. The third-order valence-electron chi connectivity index (χ3n) is 6.33. The van der Waals surface area contributed by atoms with E-state index in [4.69, 9.17) is 24.7 Å². The van der Waals surface area contributed by atoms with Crippen LogP contribution in [-0.4, -0.2) is 42.6 Å². The third kappa shape index (κ3) is 13.6. The average Bonchev–Trinajstić information content (AvgIpc) is 2.88. The van der Waals surface area contributed by atoms with Gasteiger partial charge in [0.15, 0.2) is 11.5 Å². The van der Waals surface area contributed by atoms with Crippen LogP contribution in [0.15, 0.2) is 18.2 Å². The Balaban J connectivity index is 2.84. The minimum absolute atomic E-state index is 0.0647. The van der Waals surface area contributed by atoms with Gasteiger partial charge in [0.05, 0.1) is 5.92 Å². The summed E-state index contributed by atoms with van der Waals surface area (Å²) in [5.41, 5.74) is 6.69. The maximum absolute atomic E-state index is 12.5. The number of hydrogen-bond donors (Lipinski definition) is 1. The van der Waals surface area contributed by atoms with Gasteiger partial charge in [-0.05, 0) is 49.8 Å². The fourth-order valence-corrected chi connectivity index (χ4v) is 3.49. The molecule has 1 aromatic carbocycles. The summed E-state index contributed by atoms with van der Waals surface area (Å²) in [6, 6.07) is 3.75. The second kappa shape index (κ2) is 18.4. The van der Waals surface area contributed by atoms with Crippen molar-refractivity contribution >= 4 is 23.9 Å². The number of esters is 4. The molecule has 220 valence electrons. The van der Waals surface area contributed by atoms with Crippen molar-refractivity contribution < 1.29 is 38.1 Å². The van der Waals surface area contributed by atoms with E-state index in [0.29, 0.717) is 18.4 Å². The maximum atomic E-state index is 12.5. The normalized spacial score (nSPS) is 13.3. The van der Waals surface area contributed by atoms with Crippen LogP contribution in [0.1, 0.15) is 98.5 Å². The Bertz CT molecular complexity index is 930. The van der Waals surface area contributed by atoms with Crippen molar-refractivity contribution in [2.75, 3.05) is 6.61 Å². The molecule has 1 unspecified atom stereocenters. The summed E-state index contributed by atoms with van der Waals surface area (Å²) in [4.78, 5) is 49.3. The fraction of sp³-hybridized carbons (Fsp3) is 0.667. The average molecular weight is 550 g/mol. The standard InChI is InChI=1S/C30H47NO8/c1-7-9-11-13-27(32)38-25-16-15-23(18-26(25)39-28(33)14-12-10-8-2)17-24(31)30(35)37-21(5)19-36-29(34)22(6)20(3)4/h15-16,18,20-22,24H,7-14,17,19,31H2,1-6H3/t21-,22?,24-/m0/s1. The number of carbonyl (C=O) groups excluding carboxylic acids is 4. The van der Waals surface area contributed by atoms with E-state index in [9.17, 15) is 19.2 Å². The van der Waals surface area contributed by atoms with Crippen LogP contribution in [0.2, 0.25) is 0 Å². The first-order valence-corrected chi connectivity index (χ1v) is 14.1. The van der Waals surface area contributed by atoms with E-state index in [-0.39, 0.29) is 55.2 Å². The zero-order valence-corrected chi connectivity index (χ0v) is 24.5. The van der Waals surface area contributed by atoms with Crippen LogP contribution in [0.5, 0.6) is 11.5 Å². The molecule has 0 bridgehead atoms. The first-order chi connectivity index (χ1) is 18.5. The molecule has 1 aromatic rings. The quantitative estimate of drug-likeness (QED) is 0.147. The number of nitrogens with two attached hydrogens (primary N) is 1. The molecule has 2 N–H and O–H groups in total. The molecule has 9 heteroatoms. The summed E-state index contributed by atoms with van der Waals surface area (Å²) in [6.45, 7) is 11.3. The van der Waals surface area contributed by atoms with Crippen molar-refractivity contribution in [3.63, 3.8) is 0 Å². The maximum Gasteiger partial charge on any atom is 0.323 e. The Morgan fingerprint density at radius 1 is 0.795 bits per heavy atom. The smallest absolute Gasteiger partial charge is 0.323 e. The van der Waals surface area contributed by atoms with E-state index >= 15 is 0 Å². The zero-order chi connectivity index (χ0) is 29.4. The summed E-state index contributed by atoms with van der Waals surface area (Å²) < 4.78 is 21.6. The van der Waals surface area contributed by atoms with Crippen LogP contribution >= 0.6 is 0 Å². The molecular weight excluding hydrogens is 502 g/mol. The largest absolute Gasteiger partial charge is 0.462 e. The minimum atomic E-state index is -1.01. The van der Waals surface area contributed by atoms with E-state index in [1.54, 1.807) is 26.0 Å². The highest BCUT2D eigenvalue weighted by Crippen LogP contribution is 2.30. The summed E-state index contributed by atoms with van der Waals surface area (Å²) in [6.07, 6.45) is 5.11. The van der Waals surface area contributed by atoms with Gasteiger partial charge >= 0.3 is 23.9 Å². The number of rotatable bonds is 18. The highest BCUT2D eigenvalue weighted by Gasteiger charge is 2.23. The topological polar surface area (TPSA) is 131 Å². The van der Waals surface area contributed by atoms with Gasteiger partial charge in [-0.1, -0.05) is 66.4 Å². The predicted octanol–water partition coefficient (Wildman–Crippen LogP) is 5.29. The van der Waals surface area contributed by atoms with Crippen LogP contribution < -0.4 is 15.2 Å². The van der Waals surface area contributed by atoms with Crippen LogP contribution in [0.3, 0.4) is 0 Å². The van der Waals surface area contributed by atoms with Gasteiger partial charge < -0.3 is 24.7 Å². The van der Waals surface area contributed by atoms with Gasteiger partial charge in [-0.3, -0.25) is 19.2 Å². The van der Waals surface area contributed by atoms with Gasteiger partial charge in [-0.25, -0.2) is 0 Å². The Kier molecular flexibility index (Phi) is 16.1. The minimum Gasteiger partial charge on any atom is -0.462 e. The van der Waals surface area contributed by atoms with Crippen molar-refractivity contribution in [2.45, 2.75) is 111 Å². The van der Waals surface area contributed by atoms with E-state index in [1.807, 2.05) is 27.7 Å². The molecule has 0 heterocycles. The molecule has 0 aliphatic heterocycles. The summed E-state index contributed by atoms with van der Waals surface area (Å²) in [5, 5.41) is 0. The van der Waals surface area contributed by atoms with Crippen molar-refractivity contribution in [3.05, 3.63) is 23.8 Å². The molecule has 9 nitrogen and oxygen atoms in total. The Morgan fingerprint density at radius 2 is 1.36 bits per heavy atom. The lowest BCUT2D eigenvalue weighted by Crippen LogP contribution is -2.37. The molecule has 0 radical (unpaired) electrons. The molecule has 0 saturated carbocycles. The lowest BCUT2D eigenvalue weighted by molar-refractivity contribution is -0.161. The summed E-state index contributed by atoms with van der Waals surface area (Å²) >= 11 is 0. The van der Waals surface area contributed by atoms with Gasteiger partial charge in [0, 0.05) is 12.8 Å². The van der Waals surface area contributed by atoms with E-state index in [2.05, 4.69) is 0 Å². The van der Waals surface area contributed by atoms with Crippen LogP contribution in [0.25, 0.3) is 0 Å². The van der Waals surface area contributed by atoms with Gasteiger partial charge in [-0.2, -0.15) is 0 Å². The number of unbranched alkanes of at least 4 members (excludes halogenated alkanes) is 4. The second-order valence-corrected chi connectivity index (χ2v) is 10.4. The molecule has 3 atom stereocenters. The SMILES string of the molecule is CCCCCC(=O)Oc1ccc(C[C@H](N)C(=O)O[C@@H](C)COC(=O)C(C)C(C)C)cc1OC(=O)CCCCC. The lowest BCUT2D eigenvalue weighted by atomic mass is 9.99. The van der Waals surface area contributed by atoms with E-state index in [1.165, 1.54) is 6.07 Å². The fourth-order valence-electron chi connectivity index (χ4n) is 3.49. The van der Waals surface area contributed by atoms with E-state index < -0.39 is 30.1 Å². The van der Waals surface area contributed by atoms with Gasteiger partial charge in [-0.15, -0.1) is 0 Å². The first-order valence-electron chi connectivity index (χ1n) is 14.1. The molecule has 0 aromatic heterocycles. The van der Waals surface area contributed by atoms with Crippen molar-refractivity contribution in [1.82, 2.24) is 0 Å². The molecule has 1 rings (SSSR count). The van der Waals surface area contributed by atoms with E-state index in [0.717, 1.165) is 25.7 Å². The number of benzene rings is 1. The monoisotopic (exact) mass is 549 g/mol. The highest BCUT2D eigenvalue weighted by atomic mass is 16.6. The van der Waals surface area contributed by atoms with Crippen LogP contribution in [0, 0.1) is 11.8 Å². The predicted molar refractivity (Wildman–Crippen MR) is 148 cm³/mol. The van der Waals surface area contributed by atoms with Crippen molar-refractivity contribution in [3.8, 4) is 11.5 Å².